The zero-order valence-corrected chi connectivity index (χ0v) is 13.8. The summed E-state index contributed by atoms with van der Waals surface area (Å²) in [6.07, 6.45) is 1.74. The average molecular weight is 381 g/mol. The third-order valence-corrected chi connectivity index (χ3v) is 3.91. The van der Waals surface area contributed by atoms with Crippen LogP contribution in [0.15, 0.2) is 21.1 Å². The van der Waals surface area contributed by atoms with Crippen molar-refractivity contribution in [3.63, 3.8) is 0 Å². The van der Waals surface area contributed by atoms with Crippen molar-refractivity contribution in [2.75, 3.05) is 6.54 Å². The molecule has 0 aliphatic heterocycles. The van der Waals surface area contributed by atoms with E-state index in [1.807, 2.05) is 19.1 Å². The Balaban J connectivity index is 2.54. The number of phenolic OH excluding ortho intramolecular Hbond substituents is 1. The summed E-state index contributed by atoms with van der Waals surface area (Å²) in [5.74, 6) is 0.205. The molecule has 0 saturated carbocycles. The van der Waals surface area contributed by atoms with E-state index >= 15 is 0 Å². The summed E-state index contributed by atoms with van der Waals surface area (Å²) in [5, 5.41) is 22.9. The molecular formula is C13H19Br2NO2. The lowest BCUT2D eigenvalue weighted by molar-refractivity contribution is 0.0498. The Bertz CT molecular complexity index is 385. The van der Waals surface area contributed by atoms with Gasteiger partial charge < -0.3 is 15.5 Å². The van der Waals surface area contributed by atoms with Crippen LogP contribution < -0.4 is 5.32 Å². The van der Waals surface area contributed by atoms with E-state index in [1.54, 1.807) is 0 Å². The third-order valence-electron chi connectivity index (χ3n) is 2.70. The van der Waals surface area contributed by atoms with Crippen LogP contribution in [0.3, 0.4) is 0 Å². The van der Waals surface area contributed by atoms with Gasteiger partial charge in [-0.15, -0.1) is 0 Å². The minimum Gasteiger partial charge on any atom is -0.506 e. The molecule has 0 spiro atoms. The molecule has 1 atom stereocenters. The Morgan fingerprint density at radius 1 is 1.28 bits per heavy atom. The van der Waals surface area contributed by atoms with Gasteiger partial charge in [0, 0.05) is 13.1 Å². The Morgan fingerprint density at radius 2 is 1.83 bits per heavy atom. The number of halogens is 2. The zero-order valence-electron chi connectivity index (χ0n) is 10.6. The molecule has 0 bridgehead atoms. The van der Waals surface area contributed by atoms with Gasteiger partial charge in [-0.05, 0) is 62.9 Å². The van der Waals surface area contributed by atoms with Crippen LogP contribution >= 0.6 is 31.9 Å². The van der Waals surface area contributed by atoms with Crippen molar-refractivity contribution >= 4 is 31.9 Å². The van der Waals surface area contributed by atoms with Gasteiger partial charge in [0.1, 0.15) is 5.75 Å². The molecule has 0 aliphatic carbocycles. The zero-order chi connectivity index (χ0) is 13.8. The highest BCUT2D eigenvalue weighted by molar-refractivity contribution is 9.11. The summed E-state index contributed by atoms with van der Waals surface area (Å²) in [5.41, 5.74) is 0.374. The Hall–Kier alpha value is -0.100. The van der Waals surface area contributed by atoms with E-state index in [4.69, 9.17) is 0 Å². The van der Waals surface area contributed by atoms with Crippen molar-refractivity contribution < 1.29 is 10.2 Å². The lowest BCUT2D eigenvalue weighted by Gasteiger charge is -2.23. The summed E-state index contributed by atoms with van der Waals surface area (Å²) in [7, 11) is 0. The summed E-state index contributed by atoms with van der Waals surface area (Å²) < 4.78 is 1.32. The maximum atomic E-state index is 10.0. The van der Waals surface area contributed by atoms with Crippen LogP contribution in [-0.2, 0) is 6.54 Å². The van der Waals surface area contributed by atoms with E-state index in [0.717, 1.165) is 18.4 Å². The van der Waals surface area contributed by atoms with E-state index in [9.17, 15) is 10.2 Å². The first kappa shape index (κ1) is 16.0. The van der Waals surface area contributed by atoms with Gasteiger partial charge >= 0.3 is 0 Å². The fourth-order valence-electron chi connectivity index (χ4n) is 1.82. The molecule has 1 aromatic carbocycles. The van der Waals surface area contributed by atoms with Crippen LogP contribution in [0, 0.1) is 0 Å². The molecule has 0 fully saturated rings. The van der Waals surface area contributed by atoms with Crippen LogP contribution in [0.2, 0.25) is 0 Å². The molecule has 102 valence electrons. The number of hydrogen-bond acceptors (Lipinski definition) is 3. The van der Waals surface area contributed by atoms with Crippen molar-refractivity contribution in [3.8, 4) is 5.75 Å². The molecule has 0 radical (unpaired) electrons. The average Bonchev–Trinajstić information content (AvgIpc) is 2.25. The van der Waals surface area contributed by atoms with Crippen molar-refractivity contribution in [3.05, 3.63) is 26.6 Å². The first-order valence-corrected chi connectivity index (χ1v) is 7.54. The Kier molecular flexibility index (Phi) is 6.11. The highest BCUT2D eigenvalue weighted by Crippen LogP contribution is 2.33. The molecule has 0 aromatic heterocycles. The molecule has 1 aromatic rings. The summed E-state index contributed by atoms with van der Waals surface area (Å²) in [4.78, 5) is 0. The highest BCUT2D eigenvalue weighted by Gasteiger charge is 2.18. The molecule has 1 rings (SSSR count). The van der Waals surface area contributed by atoms with Gasteiger partial charge in [-0.1, -0.05) is 13.3 Å². The van der Waals surface area contributed by atoms with Crippen LogP contribution in [0.25, 0.3) is 0 Å². The monoisotopic (exact) mass is 379 g/mol. The van der Waals surface area contributed by atoms with Crippen molar-refractivity contribution in [1.29, 1.82) is 0 Å². The lowest BCUT2D eigenvalue weighted by Crippen LogP contribution is -2.37. The molecule has 18 heavy (non-hydrogen) atoms. The summed E-state index contributed by atoms with van der Waals surface area (Å²) in [6.45, 7) is 5.10. The van der Waals surface area contributed by atoms with Gasteiger partial charge in [-0.25, -0.2) is 0 Å². The number of hydrogen-bond donors (Lipinski definition) is 3. The van der Waals surface area contributed by atoms with E-state index < -0.39 is 5.60 Å². The van der Waals surface area contributed by atoms with Crippen LogP contribution in [0.1, 0.15) is 32.3 Å². The number of aromatic hydroxyl groups is 1. The van der Waals surface area contributed by atoms with E-state index in [1.165, 1.54) is 0 Å². The first-order valence-electron chi connectivity index (χ1n) is 5.95. The van der Waals surface area contributed by atoms with Crippen molar-refractivity contribution in [2.45, 2.75) is 38.8 Å². The fraction of sp³-hybridized carbons (Fsp3) is 0.538. The van der Waals surface area contributed by atoms with Gasteiger partial charge in [0.2, 0.25) is 0 Å². The molecule has 0 heterocycles. The fourth-order valence-corrected chi connectivity index (χ4v) is 3.10. The topological polar surface area (TPSA) is 52.5 Å². The minimum atomic E-state index is -0.667. The van der Waals surface area contributed by atoms with Crippen molar-refractivity contribution in [2.24, 2.45) is 0 Å². The smallest absolute Gasteiger partial charge is 0.143 e. The SMILES string of the molecule is CCCC(C)(O)CNCc1cc(Br)c(O)c(Br)c1. The maximum Gasteiger partial charge on any atom is 0.143 e. The van der Waals surface area contributed by atoms with Crippen molar-refractivity contribution in [1.82, 2.24) is 5.32 Å². The van der Waals surface area contributed by atoms with E-state index in [0.29, 0.717) is 22.0 Å². The third kappa shape index (κ3) is 4.88. The standard InChI is InChI=1S/C13H19Br2NO2/c1-3-4-13(2,18)8-16-7-9-5-10(14)12(17)11(15)6-9/h5-6,16-18H,3-4,7-8H2,1-2H3. The normalized spacial score (nSPS) is 14.5. The first-order chi connectivity index (χ1) is 8.35. The molecule has 0 saturated heterocycles. The second-order valence-electron chi connectivity index (χ2n) is 4.76. The Morgan fingerprint density at radius 3 is 2.33 bits per heavy atom. The number of nitrogens with one attached hydrogen (secondary N) is 1. The van der Waals surface area contributed by atoms with Gasteiger partial charge in [-0.2, -0.15) is 0 Å². The van der Waals surface area contributed by atoms with Gasteiger partial charge in [0.15, 0.2) is 0 Å². The second kappa shape index (κ2) is 6.89. The molecule has 0 amide bonds. The van der Waals surface area contributed by atoms with Gasteiger partial charge in [0.25, 0.3) is 0 Å². The van der Waals surface area contributed by atoms with E-state index in [-0.39, 0.29) is 5.75 Å². The minimum absolute atomic E-state index is 0.205. The summed E-state index contributed by atoms with van der Waals surface area (Å²) in [6, 6.07) is 3.73. The quantitative estimate of drug-likeness (QED) is 0.707. The predicted molar refractivity (Wildman–Crippen MR) is 80.7 cm³/mol. The maximum absolute atomic E-state index is 10.0. The highest BCUT2D eigenvalue weighted by atomic mass is 79.9. The largest absolute Gasteiger partial charge is 0.506 e. The van der Waals surface area contributed by atoms with Crippen LogP contribution in [-0.4, -0.2) is 22.4 Å². The summed E-state index contributed by atoms with van der Waals surface area (Å²) >= 11 is 6.59. The second-order valence-corrected chi connectivity index (χ2v) is 6.47. The van der Waals surface area contributed by atoms with Crippen LogP contribution in [0.4, 0.5) is 0 Å². The molecular weight excluding hydrogens is 362 g/mol. The van der Waals surface area contributed by atoms with Gasteiger partial charge in [0.05, 0.1) is 14.5 Å². The molecule has 5 heteroatoms. The lowest BCUT2D eigenvalue weighted by atomic mass is 10.0. The Labute approximate surface area is 125 Å². The molecule has 3 nitrogen and oxygen atoms in total. The predicted octanol–water partition coefficient (Wildman–Crippen LogP) is 3.56. The number of rotatable bonds is 6. The van der Waals surface area contributed by atoms with Gasteiger partial charge in [-0.3, -0.25) is 0 Å². The number of phenols is 1. The molecule has 1 unspecified atom stereocenters. The molecule has 3 N–H and O–H groups in total. The van der Waals surface area contributed by atoms with Crippen LogP contribution in [0.5, 0.6) is 5.75 Å². The number of benzene rings is 1. The van der Waals surface area contributed by atoms with E-state index in [2.05, 4.69) is 44.1 Å². The molecule has 0 aliphatic rings. The number of aliphatic hydroxyl groups is 1.